The van der Waals surface area contributed by atoms with Gasteiger partial charge in [-0.1, -0.05) is 5.21 Å². The van der Waals surface area contributed by atoms with Gasteiger partial charge in [-0.25, -0.2) is 0 Å². The van der Waals surface area contributed by atoms with Crippen LogP contribution in [-0.4, -0.2) is 47.1 Å². The number of aryl methyl sites for hydroxylation is 1. The summed E-state index contributed by atoms with van der Waals surface area (Å²) < 4.78 is 1.80. The highest BCUT2D eigenvalue weighted by Crippen LogP contribution is 1.93. The largest absolute Gasteiger partial charge is 0.311 e. The van der Waals surface area contributed by atoms with Gasteiger partial charge in [0.2, 0.25) is 0 Å². The van der Waals surface area contributed by atoms with Gasteiger partial charge in [-0.2, -0.15) is 0 Å². The van der Waals surface area contributed by atoms with E-state index in [0.29, 0.717) is 0 Å². The van der Waals surface area contributed by atoms with Crippen LogP contribution in [0.25, 0.3) is 0 Å². The first-order valence-electron chi connectivity index (χ1n) is 5.39. The van der Waals surface area contributed by atoms with Crippen molar-refractivity contribution in [1.29, 1.82) is 0 Å². The number of nitrogens with one attached hydrogen (secondary N) is 1. The smallest absolute Gasteiger partial charge is 0.0738 e. The molecule has 1 heterocycles. The second-order valence-corrected chi connectivity index (χ2v) is 4.04. The fraction of sp³-hybridized carbons (Fsp3) is 0.800. The molecule has 5 heteroatoms. The lowest BCUT2D eigenvalue weighted by atomic mass is 10.3. The Kier molecular flexibility index (Phi) is 5.28. The maximum Gasteiger partial charge on any atom is 0.0738 e. The van der Waals surface area contributed by atoms with E-state index in [1.54, 1.807) is 10.9 Å². The molecular weight excluding hydrogens is 190 g/mol. The van der Waals surface area contributed by atoms with Gasteiger partial charge in [0.25, 0.3) is 0 Å². The Labute approximate surface area is 91.5 Å². The summed E-state index contributed by atoms with van der Waals surface area (Å²) in [6.07, 6.45) is 4.25. The normalized spacial score (nSPS) is 11.2. The number of hydrogen-bond donors (Lipinski definition) is 1. The molecule has 0 spiro atoms. The number of aromatic nitrogens is 3. The zero-order chi connectivity index (χ0) is 11.1. The van der Waals surface area contributed by atoms with Gasteiger partial charge in [0, 0.05) is 13.6 Å². The van der Waals surface area contributed by atoms with Crippen molar-refractivity contribution in [3.63, 3.8) is 0 Å². The standard InChI is InChI=1S/C10H21N5/c1-14(2)7-5-4-6-11-8-10-9-12-13-15(10)3/h9,11H,4-8H2,1-3H3. The summed E-state index contributed by atoms with van der Waals surface area (Å²) in [5, 5.41) is 11.1. The molecule has 0 aliphatic carbocycles. The minimum absolute atomic E-state index is 0.853. The summed E-state index contributed by atoms with van der Waals surface area (Å²) in [6.45, 7) is 3.07. The van der Waals surface area contributed by atoms with Crippen LogP contribution in [0.4, 0.5) is 0 Å². The van der Waals surface area contributed by atoms with Crippen LogP contribution in [-0.2, 0) is 13.6 Å². The van der Waals surface area contributed by atoms with E-state index >= 15 is 0 Å². The molecule has 1 aromatic rings. The zero-order valence-electron chi connectivity index (χ0n) is 9.90. The van der Waals surface area contributed by atoms with Crippen molar-refractivity contribution in [2.45, 2.75) is 19.4 Å². The average Bonchev–Trinajstić information content (AvgIpc) is 2.57. The summed E-state index contributed by atoms with van der Waals surface area (Å²) in [6, 6.07) is 0. The highest BCUT2D eigenvalue weighted by Gasteiger charge is 1.98. The lowest BCUT2D eigenvalue weighted by molar-refractivity contribution is 0.391. The lowest BCUT2D eigenvalue weighted by Crippen LogP contribution is -2.19. The van der Waals surface area contributed by atoms with Gasteiger partial charge in [-0.15, -0.1) is 5.10 Å². The Bertz CT molecular complexity index is 269. The van der Waals surface area contributed by atoms with E-state index in [9.17, 15) is 0 Å². The van der Waals surface area contributed by atoms with Gasteiger partial charge in [0.15, 0.2) is 0 Å². The van der Waals surface area contributed by atoms with Gasteiger partial charge < -0.3 is 10.2 Å². The fourth-order valence-electron chi connectivity index (χ4n) is 1.37. The maximum absolute atomic E-state index is 3.87. The first-order valence-corrected chi connectivity index (χ1v) is 5.39. The van der Waals surface area contributed by atoms with Gasteiger partial charge in [0.1, 0.15) is 0 Å². The Morgan fingerprint density at radius 2 is 2.20 bits per heavy atom. The van der Waals surface area contributed by atoms with E-state index in [1.165, 1.54) is 12.8 Å². The summed E-state index contributed by atoms with van der Waals surface area (Å²) in [4.78, 5) is 2.21. The molecule has 86 valence electrons. The minimum atomic E-state index is 0.853. The van der Waals surface area contributed by atoms with E-state index in [1.807, 2.05) is 7.05 Å². The molecule has 0 aliphatic heterocycles. The third-order valence-corrected chi connectivity index (χ3v) is 2.32. The molecule has 0 saturated heterocycles. The molecule has 0 aliphatic rings. The molecule has 1 aromatic heterocycles. The summed E-state index contributed by atoms with van der Waals surface area (Å²) in [5.74, 6) is 0. The minimum Gasteiger partial charge on any atom is -0.311 e. The second-order valence-electron chi connectivity index (χ2n) is 4.04. The van der Waals surface area contributed by atoms with Crippen LogP contribution in [0, 0.1) is 0 Å². The van der Waals surface area contributed by atoms with E-state index in [2.05, 4.69) is 34.6 Å². The predicted molar refractivity (Wildman–Crippen MR) is 60.5 cm³/mol. The number of nitrogens with zero attached hydrogens (tertiary/aromatic N) is 4. The number of unbranched alkanes of at least 4 members (excludes halogenated alkanes) is 1. The molecule has 0 radical (unpaired) electrons. The molecule has 0 unspecified atom stereocenters. The molecular formula is C10H21N5. The van der Waals surface area contributed by atoms with Crippen LogP contribution in [0.3, 0.4) is 0 Å². The molecule has 1 rings (SSSR count). The van der Waals surface area contributed by atoms with Crippen molar-refractivity contribution >= 4 is 0 Å². The zero-order valence-corrected chi connectivity index (χ0v) is 9.90. The summed E-state index contributed by atoms with van der Waals surface area (Å²) in [5.41, 5.74) is 1.13. The Morgan fingerprint density at radius 1 is 1.40 bits per heavy atom. The number of rotatable bonds is 7. The van der Waals surface area contributed by atoms with Gasteiger partial charge in [-0.05, 0) is 40.0 Å². The van der Waals surface area contributed by atoms with Crippen LogP contribution in [0.15, 0.2) is 6.20 Å². The van der Waals surface area contributed by atoms with E-state index in [-0.39, 0.29) is 0 Å². The van der Waals surface area contributed by atoms with Gasteiger partial charge in [-0.3, -0.25) is 4.68 Å². The van der Waals surface area contributed by atoms with Crippen molar-refractivity contribution in [1.82, 2.24) is 25.2 Å². The van der Waals surface area contributed by atoms with Crippen molar-refractivity contribution in [3.05, 3.63) is 11.9 Å². The molecule has 15 heavy (non-hydrogen) atoms. The van der Waals surface area contributed by atoms with Crippen molar-refractivity contribution < 1.29 is 0 Å². The SMILES string of the molecule is CN(C)CCCCNCc1cnnn1C. The topological polar surface area (TPSA) is 46.0 Å². The molecule has 0 saturated carbocycles. The molecule has 0 aromatic carbocycles. The Balaban J connectivity index is 2.00. The van der Waals surface area contributed by atoms with E-state index in [0.717, 1.165) is 25.3 Å². The van der Waals surface area contributed by atoms with Crippen LogP contribution in [0.2, 0.25) is 0 Å². The lowest BCUT2D eigenvalue weighted by Gasteiger charge is -2.09. The van der Waals surface area contributed by atoms with Crippen molar-refractivity contribution in [2.24, 2.45) is 7.05 Å². The monoisotopic (exact) mass is 211 g/mol. The highest BCUT2D eigenvalue weighted by atomic mass is 15.4. The quantitative estimate of drug-likeness (QED) is 0.657. The molecule has 0 atom stereocenters. The molecule has 0 fully saturated rings. The van der Waals surface area contributed by atoms with Crippen LogP contribution < -0.4 is 5.32 Å². The first kappa shape index (κ1) is 12.1. The molecule has 5 nitrogen and oxygen atoms in total. The van der Waals surface area contributed by atoms with E-state index < -0.39 is 0 Å². The third kappa shape index (κ3) is 4.90. The maximum atomic E-state index is 3.87. The number of hydrogen-bond acceptors (Lipinski definition) is 4. The molecule has 1 N–H and O–H groups in total. The fourth-order valence-corrected chi connectivity index (χ4v) is 1.37. The highest BCUT2D eigenvalue weighted by molar-refractivity contribution is 4.91. The van der Waals surface area contributed by atoms with Crippen LogP contribution >= 0.6 is 0 Å². The van der Waals surface area contributed by atoms with Crippen LogP contribution in [0.5, 0.6) is 0 Å². The van der Waals surface area contributed by atoms with Gasteiger partial charge >= 0.3 is 0 Å². The Hall–Kier alpha value is -0.940. The molecule has 0 bridgehead atoms. The average molecular weight is 211 g/mol. The Morgan fingerprint density at radius 3 is 2.80 bits per heavy atom. The third-order valence-electron chi connectivity index (χ3n) is 2.32. The molecule has 0 amide bonds. The summed E-state index contributed by atoms with van der Waals surface area (Å²) >= 11 is 0. The first-order chi connectivity index (χ1) is 7.20. The van der Waals surface area contributed by atoms with Crippen molar-refractivity contribution in [3.8, 4) is 0 Å². The van der Waals surface area contributed by atoms with Crippen molar-refractivity contribution in [2.75, 3.05) is 27.2 Å². The second kappa shape index (κ2) is 6.53. The van der Waals surface area contributed by atoms with Crippen LogP contribution in [0.1, 0.15) is 18.5 Å². The summed E-state index contributed by atoms with van der Waals surface area (Å²) in [7, 11) is 6.12. The predicted octanol–water partition coefficient (Wildman–Crippen LogP) is 0.246. The van der Waals surface area contributed by atoms with E-state index in [4.69, 9.17) is 0 Å². The van der Waals surface area contributed by atoms with Gasteiger partial charge in [0.05, 0.1) is 11.9 Å².